The maximum absolute atomic E-state index is 12.5. The van der Waals surface area contributed by atoms with Gasteiger partial charge in [-0.1, -0.05) is 132 Å². The number of carboxylic acid groups (broad SMARTS) is 1. The summed E-state index contributed by atoms with van der Waals surface area (Å²) in [5.41, 5.74) is 0. The summed E-state index contributed by atoms with van der Waals surface area (Å²) in [4.78, 5) is 36.7. The van der Waals surface area contributed by atoms with Crippen molar-refractivity contribution in [1.29, 1.82) is 0 Å². The van der Waals surface area contributed by atoms with E-state index in [0.29, 0.717) is 12.8 Å². The van der Waals surface area contributed by atoms with E-state index in [0.717, 1.165) is 64.2 Å². The lowest BCUT2D eigenvalue weighted by molar-refractivity contribution is -0.887. The smallest absolute Gasteiger partial charge is 0.362 e. The normalized spacial score (nSPS) is 13.8. The maximum atomic E-state index is 12.5. The van der Waals surface area contributed by atoms with Crippen LogP contribution in [0.15, 0.2) is 72.9 Å². The molecule has 0 radical (unpaired) electrons. The molecule has 0 heterocycles. The molecule has 290 valence electrons. The van der Waals surface area contributed by atoms with E-state index in [1.807, 2.05) is 33.3 Å². The van der Waals surface area contributed by atoms with Crippen molar-refractivity contribution in [3.05, 3.63) is 72.9 Å². The largest absolute Gasteiger partial charge is 0.477 e. The number of quaternary nitrogens is 1. The molecule has 0 aromatic heterocycles. The zero-order valence-corrected chi connectivity index (χ0v) is 32.8. The lowest BCUT2D eigenvalue weighted by Crippen LogP contribution is -2.50. The monoisotopic (exact) mass is 715 g/mol. The van der Waals surface area contributed by atoms with Crippen LogP contribution < -0.4 is 0 Å². The topological polar surface area (TPSA) is 99.1 Å². The van der Waals surface area contributed by atoms with Gasteiger partial charge in [-0.2, -0.15) is 0 Å². The lowest BCUT2D eigenvalue weighted by Gasteiger charge is -2.31. The first-order valence-electron chi connectivity index (χ1n) is 19.5. The molecular weight excluding hydrogens is 642 g/mol. The molecule has 0 aliphatic rings. The van der Waals surface area contributed by atoms with E-state index in [-0.39, 0.29) is 36.7 Å². The molecule has 2 atom stereocenters. The summed E-state index contributed by atoms with van der Waals surface area (Å²) >= 11 is 0. The number of carbonyl (C=O) groups excluding carboxylic acids is 2. The standard InChI is InChI=1S/C43H71NO7/c1-6-8-10-12-14-16-17-18-19-20-21-22-23-24-26-27-29-31-33-41(45)50-38-39(37-49-36-35-40(43(47)48)44(3,4)5)51-42(46)34-32-30-28-25-15-13-11-9-7-2/h9,11,15,17-22,25,30,32,39-40H,6-8,10,12-14,16,23-24,26-29,31,33-38H2,1-5H3/p+1/b11-9+,18-17+,20-19+,22-21+,25-15+,32-30+. The van der Waals surface area contributed by atoms with Crippen molar-refractivity contribution in [3.8, 4) is 0 Å². The van der Waals surface area contributed by atoms with Crippen molar-refractivity contribution in [3.63, 3.8) is 0 Å². The van der Waals surface area contributed by atoms with Crippen molar-refractivity contribution in [1.82, 2.24) is 0 Å². The Morgan fingerprint density at radius 3 is 1.80 bits per heavy atom. The van der Waals surface area contributed by atoms with Gasteiger partial charge in [-0.15, -0.1) is 0 Å². The number of carboxylic acids is 1. The molecule has 0 spiro atoms. The number of hydrogen-bond acceptors (Lipinski definition) is 6. The third-order valence-electron chi connectivity index (χ3n) is 8.18. The SMILES string of the molecule is CC/C=C/C/C=C/C/C=C/CC(=O)OC(COCCC(C(=O)O)[N+](C)(C)C)COC(=O)CCCCCCC/C=C/C=C/C=C/CCCCCCC. The first kappa shape index (κ1) is 47.8. The van der Waals surface area contributed by atoms with E-state index < -0.39 is 24.1 Å². The van der Waals surface area contributed by atoms with Crippen LogP contribution in [0.3, 0.4) is 0 Å². The number of nitrogens with zero attached hydrogens (tertiary/aromatic N) is 1. The van der Waals surface area contributed by atoms with Crippen molar-refractivity contribution in [2.24, 2.45) is 0 Å². The van der Waals surface area contributed by atoms with Gasteiger partial charge < -0.3 is 23.8 Å². The fraction of sp³-hybridized carbons (Fsp3) is 0.651. The van der Waals surface area contributed by atoms with E-state index in [2.05, 4.69) is 68.5 Å². The Kier molecular flexibility index (Phi) is 31.7. The highest BCUT2D eigenvalue weighted by molar-refractivity contribution is 5.72. The molecular formula is C43H72NO7+. The number of aliphatic carboxylic acids is 1. The fourth-order valence-corrected chi connectivity index (χ4v) is 5.15. The Morgan fingerprint density at radius 2 is 1.22 bits per heavy atom. The van der Waals surface area contributed by atoms with Crippen LogP contribution in [0.4, 0.5) is 0 Å². The molecule has 51 heavy (non-hydrogen) atoms. The van der Waals surface area contributed by atoms with Gasteiger partial charge in [0.25, 0.3) is 0 Å². The van der Waals surface area contributed by atoms with E-state index in [4.69, 9.17) is 14.2 Å². The van der Waals surface area contributed by atoms with Crippen molar-refractivity contribution < 1.29 is 38.2 Å². The van der Waals surface area contributed by atoms with E-state index in [1.165, 1.54) is 32.1 Å². The summed E-state index contributed by atoms with van der Waals surface area (Å²) in [6, 6.07) is -0.633. The summed E-state index contributed by atoms with van der Waals surface area (Å²) < 4.78 is 17.0. The second-order valence-corrected chi connectivity index (χ2v) is 13.9. The van der Waals surface area contributed by atoms with Gasteiger partial charge in [0.05, 0.1) is 40.8 Å². The molecule has 0 aromatic carbocycles. The van der Waals surface area contributed by atoms with E-state index in [9.17, 15) is 19.5 Å². The van der Waals surface area contributed by atoms with Gasteiger partial charge in [0, 0.05) is 12.8 Å². The van der Waals surface area contributed by atoms with Crippen LogP contribution >= 0.6 is 0 Å². The number of esters is 2. The maximum Gasteiger partial charge on any atom is 0.362 e. The number of hydrogen-bond donors (Lipinski definition) is 1. The van der Waals surface area contributed by atoms with Gasteiger partial charge in [-0.25, -0.2) is 4.79 Å². The number of rotatable bonds is 33. The molecule has 0 amide bonds. The molecule has 1 N–H and O–H groups in total. The Morgan fingerprint density at radius 1 is 0.647 bits per heavy atom. The van der Waals surface area contributed by atoms with Gasteiger partial charge in [0.2, 0.25) is 0 Å². The van der Waals surface area contributed by atoms with Gasteiger partial charge in [0.15, 0.2) is 12.1 Å². The summed E-state index contributed by atoms with van der Waals surface area (Å²) in [7, 11) is 5.47. The second kappa shape index (κ2) is 33.9. The molecule has 8 heteroatoms. The third kappa shape index (κ3) is 32.4. The highest BCUT2D eigenvalue weighted by atomic mass is 16.6. The molecule has 0 bridgehead atoms. The Hall–Kier alpha value is -3.23. The first-order valence-corrected chi connectivity index (χ1v) is 19.5. The molecule has 0 aliphatic heterocycles. The zero-order chi connectivity index (χ0) is 37.8. The molecule has 0 aromatic rings. The number of likely N-dealkylation sites (N-methyl/N-ethyl adjacent to an activating group) is 1. The predicted molar refractivity (Wildman–Crippen MR) is 210 cm³/mol. The van der Waals surface area contributed by atoms with Crippen LogP contribution in [0.2, 0.25) is 0 Å². The van der Waals surface area contributed by atoms with Gasteiger partial charge in [-0.05, 0) is 51.4 Å². The molecule has 2 unspecified atom stereocenters. The van der Waals surface area contributed by atoms with E-state index in [1.54, 1.807) is 6.08 Å². The zero-order valence-electron chi connectivity index (χ0n) is 32.8. The average molecular weight is 715 g/mol. The summed E-state index contributed by atoms with van der Waals surface area (Å²) in [5.74, 6) is -1.66. The number of ether oxygens (including phenoxy) is 3. The van der Waals surface area contributed by atoms with Crippen molar-refractivity contribution >= 4 is 17.9 Å². The molecule has 0 aliphatic carbocycles. The molecule has 8 nitrogen and oxygen atoms in total. The van der Waals surface area contributed by atoms with Crippen LogP contribution in [0.1, 0.15) is 129 Å². The average Bonchev–Trinajstić information content (AvgIpc) is 3.08. The summed E-state index contributed by atoms with van der Waals surface area (Å²) in [6.45, 7) is 4.43. The molecule has 0 saturated carbocycles. The Labute approximate surface area is 311 Å². The summed E-state index contributed by atoms with van der Waals surface area (Å²) in [5, 5.41) is 9.57. The highest BCUT2D eigenvalue weighted by Gasteiger charge is 2.31. The van der Waals surface area contributed by atoms with Crippen LogP contribution in [0.25, 0.3) is 0 Å². The number of unbranched alkanes of at least 4 members (excludes halogenated alkanes) is 10. The second-order valence-electron chi connectivity index (χ2n) is 13.9. The lowest BCUT2D eigenvalue weighted by atomic mass is 10.1. The van der Waals surface area contributed by atoms with Gasteiger partial charge in [0.1, 0.15) is 6.61 Å². The summed E-state index contributed by atoms with van der Waals surface area (Å²) in [6.07, 6.45) is 41.3. The molecule has 0 rings (SSSR count). The quantitative estimate of drug-likeness (QED) is 0.0238. The minimum absolute atomic E-state index is 0.0142. The van der Waals surface area contributed by atoms with Crippen LogP contribution in [-0.2, 0) is 28.6 Å². The molecule has 0 fully saturated rings. The Balaban J connectivity index is 4.47. The third-order valence-corrected chi connectivity index (χ3v) is 8.18. The minimum atomic E-state index is -0.895. The predicted octanol–water partition coefficient (Wildman–Crippen LogP) is 10.0. The molecule has 0 saturated heterocycles. The van der Waals surface area contributed by atoms with Crippen molar-refractivity contribution in [2.45, 2.75) is 142 Å². The van der Waals surface area contributed by atoms with Crippen LogP contribution in [-0.4, -0.2) is 80.6 Å². The van der Waals surface area contributed by atoms with Crippen molar-refractivity contribution in [2.75, 3.05) is 41.0 Å². The minimum Gasteiger partial charge on any atom is -0.477 e. The van der Waals surface area contributed by atoms with E-state index >= 15 is 0 Å². The fourth-order valence-electron chi connectivity index (χ4n) is 5.15. The van der Waals surface area contributed by atoms with Gasteiger partial charge >= 0.3 is 17.9 Å². The number of carbonyl (C=O) groups is 3. The van der Waals surface area contributed by atoms with Gasteiger partial charge in [-0.3, -0.25) is 9.59 Å². The highest BCUT2D eigenvalue weighted by Crippen LogP contribution is 2.11. The first-order chi connectivity index (χ1) is 24.6. The van der Waals surface area contributed by atoms with Crippen LogP contribution in [0, 0.1) is 0 Å². The van der Waals surface area contributed by atoms with Crippen LogP contribution in [0.5, 0.6) is 0 Å². The Bertz CT molecular complexity index is 1060. The number of allylic oxidation sites excluding steroid dienone is 11.